The van der Waals surface area contributed by atoms with Crippen LogP contribution in [0.2, 0.25) is 0 Å². The highest BCUT2D eigenvalue weighted by molar-refractivity contribution is 5.77. The summed E-state index contributed by atoms with van der Waals surface area (Å²) in [6.07, 6.45) is 20.8. The summed E-state index contributed by atoms with van der Waals surface area (Å²) in [6.45, 7) is 0.967. The fourth-order valence-corrected chi connectivity index (χ4v) is 3.66. The van der Waals surface area contributed by atoms with Gasteiger partial charge in [0, 0.05) is 0 Å². The average molecular weight is 395 g/mol. The molecule has 2 fully saturated rings. The summed E-state index contributed by atoms with van der Waals surface area (Å²) in [7, 11) is 0. The monoisotopic (exact) mass is 394 g/mol. The van der Waals surface area contributed by atoms with Crippen LogP contribution in [0, 0.1) is 11.8 Å². The molecule has 28 heavy (non-hydrogen) atoms. The molecule has 4 nitrogen and oxygen atoms in total. The van der Waals surface area contributed by atoms with Crippen LogP contribution < -0.4 is 0 Å². The zero-order chi connectivity index (χ0) is 19.9. The summed E-state index contributed by atoms with van der Waals surface area (Å²) in [4.78, 5) is 23.3. The molecule has 0 heterocycles. The molecule has 2 aliphatic carbocycles. The van der Waals surface area contributed by atoms with Crippen molar-refractivity contribution in [1.82, 2.24) is 0 Å². The lowest BCUT2D eigenvalue weighted by Crippen LogP contribution is -2.11. The minimum Gasteiger partial charge on any atom is -0.466 e. The van der Waals surface area contributed by atoms with Crippen LogP contribution in [-0.2, 0) is 19.1 Å². The minimum atomic E-state index is -0.277. The number of unbranched alkanes of at least 4 members (excludes halogenated alkanes) is 8. The molecule has 4 heteroatoms. The summed E-state index contributed by atoms with van der Waals surface area (Å²) in [5.41, 5.74) is 0. The third-order valence-electron chi connectivity index (χ3n) is 5.97. The first-order valence-corrected chi connectivity index (χ1v) is 12.1. The second-order valence-electron chi connectivity index (χ2n) is 8.94. The van der Waals surface area contributed by atoms with Crippen LogP contribution in [0.15, 0.2) is 0 Å². The SMILES string of the molecule is O=C(CCC(=O)OCCCCCCCC1CC1)OCCCCCCCC1CC1. The second-order valence-corrected chi connectivity index (χ2v) is 8.94. The van der Waals surface area contributed by atoms with E-state index in [1.807, 2.05) is 0 Å². The standard InChI is InChI=1S/C24H42O4/c25-23(27-19-9-5-1-3-7-11-21-13-14-21)17-18-24(26)28-20-10-6-2-4-8-12-22-15-16-22/h21-22H,1-20H2. The lowest BCUT2D eigenvalue weighted by molar-refractivity contribution is -0.150. The Balaban J connectivity index is 1.26. The molecule has 0 N–H and O–H groups in total. The van der Waals surface area contributed by atoms with E-state index in [0.717, 1.165) is 37.5 Å². The minimum absolute atomic E-state index is 0.140. The Morgan fingerprint density at radius 1 is 0.536 bits per heavy atom. The van der Waals surface area contributed by atoms with Crippen molar-refractivity contribution in [1.29, 1.82) is 0 Å². The molecule has 0 spiro atoms. The second kappa shape index (κ2) is 14.9. The smallest absolute Gasteiger partial charge is 0.306 e. The third-order valence-corrected chi connectivity index (χ3v) is 5.97. The van der Waals surface area contributed by atoms with Crippen LogP contribution >= 0.6 is 0 Å². The van der Waals surface area contributed by atoms with Gasteiger partial charge in [-0.15, -0.1) is 0 Å². The van der Waals surface area contributed by atoms with Gasteiger partial charge in [-0.05, 0) is 24.7 Å². The number of hydrogen-bond acceptors (Lipinski definition) is 4. The summed E-state index contributed by atoms with van der Waals surface area (Å²) in [6, 6.07) is 0. The largest absolute Gasteiger partial charge is 0.466 e. The van der Waals surface area contributed by atoms with Crippen LogP contribution in [0.3, 0.4) is 0 Å². The van der Waals surface area contributed by atoms with E-state index in [9.17, 15) is 9.59 Å². The highest BCUT2D eigenvalue weighted by Crippen LogP contribution is 2.34. The fourth-order valence-electron chi connectivity index (χ4n) is 3.66. The predicted octanol–water partition coefficient (Wildman–Crippen LogP) is 6.35. The lowest BCUT2D eigenvalue weighted by Gasteiger charge is -2.06. The number of ether oxygens (including phenoxy) is 2. The Morgan fingerprint density at radius 2 is 0.893 bits per heavy atom. The van der Waals surface area contributed by atoms with Crippen LogP contribution in [0.25, 0.3) is 0 Å². The molecule has 2 aliphatic rings. The molecule has 0 bridgehead atoms. The molecule has 0 aromatic carbocycles. The summed E-state index contributed by atoms with van der Waals surface area (Å²) in [5, 5.41) is 0. The van der Waals surface area contributed by atoms with E-state index in [-0.39, 0.29) is 24.8 Å². The van der Waals surface area contributed by atoms with Gasteiger partial charge in [0.1, 0.15) is 0 Å². The molecule has 0 aliphatic heterocycles. The van der Waals surface area contributed by atoms with Gasteiger partial charge in [-0.3, -0.25) is 9.59 Å². The molecule has 2 rings (SSSR count). The molecule has 2 saturated carbocycles. The van der Waals surface area contributed by atoms with Gasteiger partial charge >= 0.3 is 11.9 Å². The van der Waals surface area contributed by atoms with Gasteiger partial charge in [0.25, 0.3) is 0 Å². The third kappa shape index (κ3) is 14.0. The fraction of sp³-hybridized carbons (Fsp3) is 0.917. The van der Waals surface area contributed by atoms with Crippen LogP contribution in [0.1, 0.15) is 116 Å². The zero-order valence-electron chi connectivity index (χ0n) is 17.9. The highest BCUT2D eigenvalue weighted by atomic mass is 16.5. The van der Waals surface area contributed by atoms with Gasteiger partial charge in [0.15, 0.2) is 0 Å². The van der Waals surface area contributed by atoms with Crippen molar-refractivity contribution in [2.75, 3.05) is 13.2 Å². The Hall–Kier alpha value is -1.06. The first kappa shape index (κ1) is 23.2. The number of carbonyl (C=O) groups excluding carboxylic acids is 2. The molecule has 0 saturated heterocycles. The average Bonchev–Trinajstić information content (AvgIpc) is 3.59. The summed E-state index contributed by atoms with van der Waals surface area (Å²) >= 11 is 0. The van der Waals surface area contributed by atoms with E-state index in [1.165, 1.54) is 77.0 Å². The Kier molecular flexibility index (Phi) is 12.3. The van der Waals surface area contributed by atoms with Crippen molar-refractivity contribution in [3.63, 3.8) is 0 Å². The predicted molar refractivity (Wildman–Crippen MR) is 112 cm³/mol. The van der Waals surface area contributed by atoms with Gasteiger partial charge < -0.3 is 9.47 Å². The van der Waals surface area contributed by atoms with E-state index in [1.54, 1.807) is 0 Å². The topological polar surface area (TPSA) is 52.6 Å². The zero-order valence-corrected chi connectivity index (χ0v) is 17.9. The molecular weight excluding hydrogens is 352 g/mol. The van der Waals surface area contributed by atoms with E-state index in [2.05, 4.69) is 0 Å². The molecule has 162 valence electrons. The molecule has 0 unspecified atom stereocenters. The first-order chi connectivity index (χ1) is 13.7. The van der Waals surface area contributed by atoms with Crippen molar-refractivity contribution in [3.05, 3.63) is 0 Å². The van der Waals surface area contributed by atoms with Crippen molar-refractivity contribution in [2.24, 2.45) is 11.8 Å². The number of esters is 2. The number of carbonyl (C=O) groups is 2. The van der Waals surface area contributed by atoms with E-state index in [4.69, 9.17) is 9.47 Å². The quantitative estimate of drug-likeness (QED) is 0.189. The van der Waals surface area contributed by atoms with Gasteiger partial charge in [-0.25, -0.2) is 0 Å². The van der Waals surface area contributed by atoms with Gasteiger partial charge in [-0.1, -0.05) is 89.9 Å². The maximum absolute atomic E-state index is 11.7. The normalized spacial score (nSPS) is 16.1. The van der Waals surface area contributed by atoms with Gasteiger partial charge in [0.2, 0.25) is 0 Å². The molecular formula is C24H42O4. The van der Waals surface area contributed by atoms with Crippen molar-refractivity contribution in [2.45, 2.75) is 116 Å². The number of rotatable bonds is 19. The maximum atomic E-state index is 11.7. The van der Waals surface area contributed by atoms with Crippen LogP contribution in [0.4, 0.5) is 0 Å². The van der Waals surface area contributed by atoms with E-state index >= 15 is 0 Å². The molecule has 0 amide bonds. The summed E-state index contributed by atoms with van der Waals surface area (Å²) < 4.78 is 10.4. The molecule has 0 aromatic heterocycles. The Labute approximate surface area is 172 Å². The summed E-state index contributed by atoms with van der Waals surface area (Å²) in [5.74, 6) is 1.52. The van der Waals surface area contributed by atoms with Crippen molar-refractivity contribution in [3.8, 4) is 0 Å². The lowest BCUT2D eigenvalue weighted by atomic mass is 10.1. The maximum Gasteiger partial charge on any atom is 0.306 e. The molecule has 0 aromatic rings. The first-order valence-electron chi connectivity index (χ1n) is 12.1. The number of hydrogen-bond donors (Lipinski definition) is 0. The molecule has 0 atom stereocenters. The van der Waals surface area contributed by atoms with Crippen LogP contribution in [-0.4, -0.2) is 25.2 Å². The van der Waals surface area contributed by atoms with Crippen molar-refractivity contribution < 1.29 is 19.1 Å². The highest BCUT2D eigenvalue weighted by Gasteiger charge is 2.20. The van der Waals surface area contributed by atoms with Crippen molar-refractivity contribution >= 4 is 11.9 Å². The Morgan fingerprint density at radius 3 is 1.29 bits per heavy atom. The van der Waals surface area contributed by atoms with E-state index in [0.29, 0.717) is 13.2 Å². The Bertz CT molecular complexity index is 386. The molecule has 0 radical (unpaired) electrons. The van der Waals surface area contributed by atoms with Gasteiger partial charge in [0.05, 0.1) is 26.1 Å². The van der Waals surface area contributed by atoms with Gasteiger partial charge in [-0.2, -0.15) is 0 Å². The van der Waals surface area contributed by atoms with E-state index < -0.39 is 0 Å². The van der Waals surface area contributed by atoms with Crippen LogP contribution in [0.5, 0.6) is 0 Å².